The SMILES string of the molecule is COc1cnc2cccc(C(O)CN3CCCCC3C(N)=O)c2c1. The van der Waals surface area contributed by atoms with E-state index < -0.39 is 6.10 Å². The van der Waals surface area contributed by atoms with Crippen molar-refractivity contribution < 1.29 is 14.6 Å². The van der Waals surface area contributed by atoms with Gasteiger partial charge in [-0.3, -0.25) is 14.7 Å². The number of pyridine rings is 1. The van der Waals surface area contributed by atoms with E-state index in [4.69, 9.17) is 10.5 Å². The normalized spacial score (nSPS) is 20.0. The molecule has 2 atom stereocenters. The summed E-state index contributed by atoms with van der Waals surface area (Å²) in [6, 6.07) is 7.25. The number of carbonyl (C=O) groups is 1. The smallest absolute Gasteiger partial charge is 0.234 e. The highest BCUT2D eigenvalue weighted by atomic mass is 16.5. The molecule has 1 aliphatic heterocycles. The lowest BCUT2D eigenvalue weighted by Crippen LogP contribution is -2.49. The molecule has 0 aliphatic carbocycles. The maximum atomic E-state index is 11.7. The maximum Gasteiger partial charge on any atom is 0.234 e. The number of hydrogen-bond acceptors (Lipinski definition) is 5. The lowest BCUT2D eigenvalue weighted by atomic mass is 9.98. The van der Waals surface area contributed by atoms with Gasteiger partial charge >= 0.3 is 0 Å². The predicted octanol–water partition coefficient (Wildman–Crippen LogP) is 1.62. The van der Waals surface area contributed by atoms with Crippen LogP contribution in [0.3, 0.4) is 0 Å². The molecule has 1 aliphatic rings. The number of aliphatic hydroxyl groups excluding tert-OH is 1. The number of fused-ring (bicyclic) bond motifs is 1. The summed E-state index contributed by atoms with van der Waals surface area (Å²) in [6.07, 6.45) is 3.71. The van der Waals surface area contributed by atoms with Crippen LogP contribution >= 0.6 is 0 Å². The monoisotopic (exact) mass is 329 g/mol. The molecule has 0 radical (unpaired) electrons. The summed E-state index contributed by atoms with van der Waals surface area (Å²) in [5.74, 6) is 0.332. The zero-order chi connectivity index (χ0) is 17.1. The van der Waals surface area contributed by atoms with Gasteiger partial charge in [0.2, 0.25) is 5.91 Å². The van der Waals surface area contributed by atoms with E-state index >= 15 is 0 Å². The fourth-order valence-corrected chi connectivity index (χ4v) is 3.41. The van der Waals surface area contributed by atoms with E-state index in [1.807, 2.05) is 29.2 Å². The number of nitrogens with zero attached hydrogens (tertiary/aromatic N) is 2. The quantitative estimate of drug-likeness (QED) is 0.870. The fraction of sp³-hybridized carbons (Fsp3) is 0.444. The fourth-order valence-electron chi connectivity index (χ4n) is 3.41. The Morgan fingerprint density at radius 1 is 1.50 bits per heavy atom. The maximum absolute atomic E-state index is 11.7. The van der Waals surface area contributed by atoms with Crippen LogP contribution in [-0.2, 0) is 4.79 Å². The molecule has 3 N–H and O–H groups in total. The highest BCUT2D eigenvalue weighted by molar-refractivity contribution is 5.83. The van der Waals surface area contributed by atoms with Gasteiger partial charge in [0.15, 0.2) is 0 Å². The van der Waals surface area contributed by atoms with Crippen LogP contribution in [0, 0.1) is 0 Å². The van der Waals surface area contributed by atoms with Crippen molar-refractivity contribution in [3.63, 3.8) is 0 Å². The molecule has 1 aromatic carbocycles. The zero-order valence-electron chi connectivity index (χ0n) is 13.8. The number of hydrogen-bond donors (Lipinski definition) is 2. The lowest BCUT2D eigenvalue weighted by molar-refractivity contribution is -0.125. The van der Waals surface area contributed by atoms with Crippen LogP contribution < -0.4 is 10.5 Å². The molecule has 1 amide bonds. The van der Waals surface area contributed by atoms with E-state index in [1.165, 1.54) is 0 Å². The van der Waals surface area contributed by atoms with Gasteiger partial charge in [-0.05, 0) is 37.1 Å². The van der Waals surface area contributed by atoms with Crippen molar-refractivity contribution in [2.75, 3.05) is 20.2 Å². The molecular weight excluding hydrogens is 306 g/mol. The molecule has 1 aromatic heterocycles. The van der Waals surface area contributed by atoms with E-state index in [1.54, 1.807) is 13.3 Å². The van der Waals surface area contributed by atoms with Crippen molar-refractivity contribution in [3.8, 4) is 5.75 Å². The van der Waals surface area contributed by atoms with Crippen LogP contribution in [0.2, 0.25) is 0 Å². The first-order valence-corrected chi connectivity index (χ1v) is 8.24. The number of carbonyl (C=O) groups excluding carboxylic acids is 1. The van der Waals surface area contributed by atoms with Gasteiger partial charge in [-0.2, -0.15) is 0 Å². The number of rotatable bonds is 5. The van der Waals surface area contributed by atoms with E-state index in [0.717, 1.165) is 42.3 Å². The summed E-state index contributed by atoms with van der Waals surface area (Å²) < 4.78 is 5.24. The first-order valence-electron chi connectivity index (χ1n) is 8.24. The third kappa shape index (κ3) is 3.34. The summed E-state index contributed by atoms with van der Waals surface area (Å²) >= 11 is 0. The number of primary amides is 1. The predicted molar refractivity (Wildman–Crippen MR) is 91.7 cm³/mol. The highest BCUT2D eigenvalue weighted by Gasteiger charge is 2.29. The minimum Gasteiger partial charge on any atom is -0.495 e. The largest absolute Gasteiger partial charge is 0.495 e. The van der Waals surface area contributed by atoms with Gasteiger partial charge in [0.05, 0.1) is 31.0 Å². The number of benzene rings is 1. The van der Waals surface area contributed by atoms with Gasteiger partial charge in [-0.25, -0.2) is 0 Å². The van der Waals surface area contributed by atoms with Crippen molar-refractivity contribution in [1.29, 1.82) is 0 Å². The van der Waals surface area contributed by atoms with Crippen LogP contribution in [0.15, 0.2) is 30.5 Å². The zero-order valence-corrected chi connectivity index (χ0v) is 13.8. The summed E-state index contributed by atoms with van der Waals surface area (Å²) in [6.45, 7) is 1.15. The van der Waals surface area contributed by atoms with Crippen molar-refractivity contribution in [1.82, 2.24) is 9.88 Å². The number of aliphatic hydroxyl groups is 1. The molecule has 0 bridgehead atoms. The van der Waals surface area contributed by atoms with Crippen molar-refractivity contribution in [3.05, 3.63) is 36.0 Å². The summed E-state index contributed by atoms with van der Waals surface area (Å²) in [7, 11) is 1.59. The molecule has 6 nitrogen and oxygen atoms in total. The summed E-state index contributed by atoms with van der Waals surface area (Å²) in [5.41, 5.74) is 7.10. The van der Waals surface area contributed by atoms with Gasteiger partial charge in [-0.1, -0.05) is 18.6 Å². The minimum atomic E-state index is -0.720. The standard InChI is InChI=1S/C18H23N3O3/c1-24-12-9-14-13(5-4-6-15(14)20-10-12)17(22)11-21-8-3-2-7-16(21)18(19)23/h4-6,9-10,16-17,22H,2-3,7-8,11H2,1H3,(H2,19,23). The third-order valence-corrected chi connectivity index (χ3v) is 4.68. The highest BCUT2D eigenvalue weighted by Crippen LogP contribution is 2.28. The Bertz CT molecular complexity index is 735. The summed E-state index contributed by atoms with van der Waals surface area (Å²) in [5, 5.41) is 11.6. The number of ether oxygens (including phenoxy) is 1. The van der Waals surface area contributed by atoms with Gasteiger partial charge in [0, 0.05) is 11.9 Å². The lowest BCUT2D eigenvalue weighted by Gasteiger charge is -2.35. The molecule has 1 saturated heterocycles. The van der Waals surface area contributed by atoms with Crippen LogP contribution in [0.4, 0.5) is 0 Å². The number of nitrogens with two attached hydrogens (primary N) is 1. The minimum absolute atomic E-state index is 0.295. The Hall–Kier alpha value is -2.18. The molecule has 2 heterocycles. The third-order valence-electron chi connectivity index (χ3n) is 4.68. The first kappa shape index (κ1) is 16.7. The molecule has 1 fully saturated rings. The van der Waals surface area contributed by atoms with Gasteiger partial charge in [-0.15, -0.1) is 0 Å². The summed E-state index contributed by atoms with van der Waals surface area (Å²) in [4.78, 5) is 18.0. The number of aromatic nitrogens is 1. The van der Waals surface area contributed by atoms with Crippen molar-refractivity contribution in [2.45, 2.75) is 31.4 Å². The van der Waals surface area contributed by atoms with E-state index in [-0.39, 0.29) is 11.9 Å². The Labute approximate surface area is 141 Å². The molecule has 3 rings (SSSR count). The van der Waals surface area contributed by atoms with Crippen LogP contribution in [0.1, 0.15) is 30.9 Å². The second-order valence-corrected chi connectivity index (χ2v) is 6.21. The van der Waals surface area contributed by atoms with E-state index in [2.05, 4.69) is 4.98 Å². The second kappa shape index (κ2) is 7.15. The molecule has 2 aromatic rings. The van der Waals surface area contributed by atoms with Crippen LogP contribution in [0.5, 0.6) is 5.75 Å². The molecule has 24 heavy (non-hydrogen) atoms. The van der Waals surface area contributed by atoms with Crippen LogP contribution in [0.25, 0.3) is 10.9 Å². The number of likely N-dealkylation sites (tertiary alicyclic amines) is 1. The first-order chi connectivity index (χ1) is 11.6. The number of amides is 1. The van der Waals surface area contributed by atoms with Crippen molar-refractivity contribution >= 4 is 16.8 Å². The van der Waals surface area contributed by atoms with Gasteiger partial charge in [0.25, 0.3) is 0 Å². The average Bonchev–Trinajstić information content (AvgIpc) is 2.60. The molecular formula is C18H23N3O3. The number of piperidine rings is 1. The Morgan fingerprint density at radius 2 is 2.33 bits per heavy atom. The molecule has 128 valence electrons. The Balaban J connectivity index is 1.87. The molecule has 2 unspecified atom stereocenters. The molecule has 0 saturated carbocycles. The molecule has 6 heteroatoms. The number of methoxy groups -OCH3 is 1. The molecule has 0 spiro atoms. The van der Waals surface area contributed by atoms with Gasteiger partial charge < -0.3 is 15.6 Å². The van der Waals surface area contributed by atoms with E-state index in [9.17, 15) is 9.90 Å². The van der Waals surface area contributed by atoms with Gasteiger partial charge in [0.1, 0.15) is 5.75 Å². The Morgan fingerprint density at radius 3 is 3.08 bits per heavy atom. The van der Waals surface area contributed by atoms with Crippen molar-refractivity contribution in [2.24, 2.45) is 5.73 Å². The van der Waals surface area contributed by atoms with Crippen LogP contribution in [-0.4, -0.2) is 47.1 Å². The average molecular weight is 329 g/mol. The Kier molecular flexibility index (Phi) is 4.97. The van der Waals surface area contributed by atoms with E-state index in [0.29, 0.717) is 12.3 Å². The second-order valence-electron chi connectivity index (χ2n) is 6.21. The topological polar surface area (TPSA) is 88.7 Å². The number of β-amino-alcohol motifs (C(OH)–C–C–N with tert-alkyl or cyclic N) is 1.